The summed E-state index contributed by atoms with van der Waals surface area (Å²) in [5.74, 6) is 2.72. The molecule has 1 saturated heterocycles. The SMILES string of the molecule is COc1ccc(CC(=O)N2CCc3nc(Cc4cccc(C)c4)nc(N4CCOCC4)c3C2)cc1. The van der Waals surface area contributed by atoms with Crippen LogP contribution in [-0.4, -0.2) is 60.7 Å². The molecule has 0 spiro atoms. The summed E-state index contributed by atoms with van der Waals surface area (Å²) in [5.41, 5.74) is 5.58. The molecule has 2 aromatic carbocycles. The molecule has 0 radical (unpaired) electrons. The number of carbonyl (C=O) groups excluding carboxylic acids is 1. The molecule has 0 bridgehead atoms. The van der Waals surface area contributed by atoms with Crippen LogP contribution in [0.4, 0.5) is 5.82 Å². The smallest absolute Gasteiger partial charge is 0.227 e. The van der Waals surface area contributed by atoms with Crippen LogP contribution in [-0.2, 0) is 35.3 Å². The molecule has 3 heterocycles. The Labute approximate surface area is 206 Å². The van der Waals surface area contributed by atoms with Gasteiger partial charge in [0.05, 0.1) is 39.0 Å². The van der Waals surface area contributed by atoms with Crippen LogP contribution in [0.2, 0.25) is 0 Å². The van der Waals surface area contributed by atoms with Crippen molar-refractivity contribution in [1.82, 2.24) is 14.9 Å². The molecule has 0 saturated carbocycles. The Bertz CT molecular complexity index is 1190. The third-order valence-corrected chi connectivity index (χ3v) is 6.71. The van der Waals surface area contributed by atoms with E-state index in [1.165, 1.54) is 11.1 Å². The summed E-state index contributed by atoms with van der Waals surface area (Å²) >= 11 is 0. The van der Waals surface area contributed by atoms with Crippen molar-refractivity contribution in [2.24, 2.45) is 0 Å². The molecule has 1 fully saturated rings. The van der Waals surface area contributed by atoms with E-state index in [0.29, 0.717) is 39.1 Å². The maximum absolute atomic E-state index is 13.2. The highest BCUT2D eigenvalue weighted by Gasteiger charge is 2.28. The first-order chi connectivity index (χ1) is 17.1. The van der Waals surface area contributed by atoms with Gasteiger partial charge in [-0.25, -0.2) is 9.97 Å². The van der Waals surface area contributed by atoms with E-state index < -0.39 is 0 Å². The highest BCUT2D eigenvalue weighted by molar-refractivity contribution is 5.79. The standard InChI is InChI=1S/C28H32N4O3/c1-20-4-3-5-22(16-20)17-26-29-25-10-11-32(27(33)18-21-6-8-23(34-2)9-7-21)19-24(25)28(30-26)31-12-14-35-15-13-31/h3-9,16H,10-15,17-19H2,1-2H3. The van der Waals surface area contributed by atoms with Gasteiger partial charge in [0.2, 0.25) is 5.91 Å². The molecule has 0 N–H and O–H groups in total. The summed E-state index contributed by atoms with van der Waals surface area (Å²) in [6.07, 6.45) is 1.81. The summed E-state index contributed by atoms with van der Waals surface area (Å²) < 4.78 is 10.8. The van der Waals surface area contributed by atoms with Gasteiger partial charge in [-0.2, -0.15) is 0 Å². The van der Waals surface area contributed by atoms with Crippen molar-refractivity contribution in [3.63, 3.8) is 0 Å². The molecule has 7 nitrogen and oxygen atoms in total. The maximum atomic E-state index is 13.2. The number of aryl methyl sites for hydroxylation is 1. The molecule has 3 aromatic rings. The number of amides is 1. The van der Waals surface area contributed by atoms with E-state index in [2.05, 4.69) is 36.1 Å². The van der Waals surface area contributed by atoms with E-state index in [1.54, 1.807) is 7.11 Å². The molecule has 1 amide bonds. The van der Waals surface area contributed by atoms with Gasteiger partial charge in [-0.3, -0.25) is 4.79 Å². The van der Waals surface area contributed by atoms with Gasteiger partial charge < -0.3 is 19.3 Å². The molecule has 7 heteroatoms. The van der Waals surface area contributed by atoms with Crippen molar-refractivity contribution in [3.8, 4) is 5.75 Å². The van der Waals surface area contributed by atoms with Crippen LogP contribution in [0.15, 0.2) is 48.5 Å². The quantitative estimate of drug-likeness (QED) is 0.548. The fraction of sp³-hybridized carbons (Fsp3) is 0.393. The minimum absolute atomic E-state index is 0.123. The fourth-order valence-corrected chi connectivity index (χ4v) is 4.81. The number of benzene rings is 2. The van der Waals surface area contributed by atoms with Gasteiger partial charge in [-0.05, 0) is 30.2 Å². The zero-order valence-corrected chi connectivity index (χ0v) is 20.5. The summed E-state index contributed by atoms with van der Waals surface area (Å²) in [4.78, 5) is 27.4. The van der Waals surface area contributed by atoms with E-state index in [-0.39, 0.29) is 5.91 Å². The van der Waals surface area contributed by atoms with Gasteiger partial charge in [0.15, 0.2) is 0 Å². The van der Waals surface area contributed by atoms with Crippen molar-refractivity contribution in [2.75, 3.05) is 44.9 Å². The van der Waals surface area contributed by atoms with Crippen molar-refractivity contribution in [2.45, 2.75) is 32.7 Å². The predicted octanol–water partition coefficient (Wildman–Crippen LogP) is 3.35. The second-order valence-corrected chi connectivity index (χ2v) is 9.24. The Hall–Kier alpha value is -3.45. The zero-order valence-electron chi connectivity index (χ0n) is 20.5. The minimum Gasteiger partial charge on any atom is -0.497 e. The number of anilines is 1. The zero-order chi connectivity index (χ0) is 24.2. The number of methoxy groups -OCH3 is 1. The number of aromatic nitrogens is 2. The molecule has 1 aromatic heterocycles. The van der Waals surface area contributed by atoms with Gasteiger partial charge >= 0.3 is 0 Å². The Balaban J connectivity index is 1.39. The molecule has 2 aliphatic heterocycles. The second kappa shape index (κ2) is 10.4. The normalized spacial score (nSPS) is 15.6. The Morgan fingerprint density at radius 2 is 1.83 bits per heavy atom. The molecule has 2 aliphatic rings. The average molecular weight is 473 g/mol. The van der Waals surface area contributed by atoms with Crippen molar-refractivity contribution in [1.29, 1.82) is 0 Å². The topological polar surface area (TPSA) is 67.8 Å². The Morgan fingerprint density at radius 1 is 1.03 bits per heavy atom. The van der Waals surface area contributed by atoms with Crippen molar-refractivity contribution < 1.29 is 14.3 Å². The molecule has 35 heavy (non-hydrogen) atoms. The number of carbonyl (C=O) groups is 1. The van der Waals surface area contributed by atoms with Crippen LogP contribution in [0.3, 0.4) is 0 Å². The lowest BCUT2D eigenvalue weighted by molar-refractivity contribution is -0.131. The van der Waals surface area contributed by atoms with Crippen LogP contribution in [0.1, 0.15) is 33.8 Å². The third-order valence-electron chi connectivity index (χ3n) is 6.71. The Kier molecular flexibility index (Phi) is 6.95. The number of hydrogen-bond donors (Lipinski definition) is 0. The first-order valence-corrected chi connectivity index (χ1v) is 12.3. The van der Waals surface area contributed by atoms with Crippen molar-refractivity contribution >= 4 is 11.7 Å². The molecular formula is C28H32N4O3. The highest BCUT2D eigenvalue weighted by atomic mass is 16.5. The lowest BCUT2D eigenvalue weighted by Gasteiger charge is -2.34. The second-order valence-electron chi connectivity index (χ2n) is 9.24. The van der Waals surface area contributed by atoms with Gasteiger partial charge in [0.1, 0.15) is 17.4 Å². The molecule has 182 valence electrons. The van der Waals surface area contributed by atoms with Gasteiger partial charge in [0, 0.05) is 38.0 Å². The van der Waals surface area contributed by atoms with E-state index in [9.17, 15) is 4.79 Å². The monoisotopic (exact) mass is 472 g/mol. The number of nitrogens with zero attached hydrogens (tertiary/aromatic N) is 4. The molecular weight excluding hydrogens is 440 g/mol. The van der Waals surface area contributed by atoms with Gasteiger partial charge in [0.25, 0.3) is 0 Å². The van der Waals surface area contributed by atoms with E-state index in [4.69, 9.17) is 19.4 Å². The van der Waals surface area contributed by atoms with Crippen LogP contribution in [0, 0.1) is 6.92 Å². The van der Waals surface area contributed by atoms with Gasteiger partial charge in [-0.15, -0.1) is 0 Å². The minimum atomic E-state index is 0.123. The number of morpholine rings is 1. The molecule has 0 atom stereocenters. The van der Waals surface area contributed by atoms with E-state index >= 15 is 0 Å². The number of rotatable bonds is 6. The average Bonchev–Trinajstić information content (AvgIpc) is 2.89. The van der Waals surface area contributed by atoms with Crippen LogP contribution in [0.25, 0.3) is 0 Å². The van der Waals surface area contributed by atoms with Crippen LogP contribution >= 0.6 is 0 Å². The summed E-state index contributed by atoms with van der Waals surface area (Å²) in [7, 11) is 1.64. The maximum Gasteiger partial charge on any atom is 0.227 e. The summed E-state index contributed by atoms with van der Waals surface area (Å²) in [6, 6.07) is 16.2. The number of ether oxygens (including phenoxy) is 2. The van der Waals surface area contributed by atoms with Crippen LogP contribution in [0.5, 0.6) is 5.75 Å². The summed E-state index contributed by atoms with van der Waals surface area (Å²) in [6.45, 7) is 6.29. The van der Waals surface area contributed by atoms with Crippen LogP contribution < -0.4 is 9.64 Å². The number of hydrogen-bond acceptors (Lipinski definition) is 6. The largest absolute Gasteiger partial charge is 0.497 e. The Morgan fingerprint density at radius 3 is 2.57 bits per heavy atom. The van der Waals surface area contributed by atoms with Crippen molar-refractivity contribution in [3.05, 3.63) is 82.3 Å². The molecule has 0 aliphatic carbocycles. The lowest BCUT2D eigenvalue weighted by atomic mass is 10.0. The molecule has 0 unspecified atom stereocenters. The lowest BCUT2D eigenvalue weighted by Crippen LogP contribution is -2.41. The fourth-order valence-electron chi connectivity index (χ4n) is 4.81. The summed E-state index contributed by atoms with van der Waals surface area (Å²) in [5, 5.41) is 0. The number of fused-ring (bicyclic) bond motifs is 1. The van der Waals surface area contributed by atoms with Gasteiger partial charge in [-0.1, -0.05) is 42.0 Å². The third kappa shape index (κ3) is 5.46. The first kappa shape index (κ1) is 23.3. The van der Waals surface area contributed by atoms with E-state index in [0.717, 1.165) is 53.7 Å². The first-order valence-electron chi connectivity index (χ1n) is 12.3. The highest BCUT2D eigenvalue weighted by Crippen LogP contribution is 2.28. The predicted molar refractivity (Wildman–Crippen MR) is 135 cm³/mol. The molecule has 5 rings (SSSR count). The van der Waals surface area contributed by atoms with E-state index in [1.807, 2.05) is 29.2 Å².